The second kappa shape index (κ2) is 4.07. The van der Waals surface area contributed by atoms with Crippen molar-refractivity contribution in [2.24, 2.45) is 4.99 Å². The summed E-state index contributed by atoms with van der Waals surface area (Å²) in [6.07, 6.45) is 1.57. The van der Waals surface area contributed by atoms with Crippen molar-refractivity contribution < 1.29 is 10.0 Å². The average Bonchev–Trinajstić information content (AvgIpc) is 2.08. The number of rotatable bonds is 2. The Kier molecular flexibility index (Phi) is 3.05. The van der Waals surface area contributed by atoms with Crippen LogP contribution in [0.5, 0.6) is 0 Å². The van der Waals surface area contributed by atoms with Gasteiger partial charge in [0, 0.05) is 24.5 Å². The standard InChI is InChI=1S/C8H11BN2O2/c1-11-5-6-4-7(9(12)13)2-3-8(6)10/h2-5,12-13H,10H2,1H3. The Bertz CT molecular complexity index is 326. The zero-order chi connectivity index (χ0) is 9.84. The Balaban J connectivity index is 3.11. The van der Waals surface area contributed by atoms with Crippen LogP contribution in [0.2, 0.25) is 0 Å². The van der Waals surface area contributed by atoms with Gasteiger partial charge in [0.25, 0.3) is 0 Å². The van der Waals surface area contributed by atoms with Gasteiger partial charge in [-0.3, -0.25) is 4.99 Å². The highest BCUT2D eigenvalue weighted by atomic mass is 16.4. The van der Waals surface area contributed by atoms with Crippen molar-refractivity contribution in [3.63, 3.8) is 0 Å². The van der Waals surface area contributed by atoms with Crippen LogP contribution in [0.3, 0.4) is 0 Å². The van der Waals surface area contributed by atoms with Crippen molar-refractivity contribution in [2.45, 2.75) is 0 Å². The van der Waals surface area contributed by atoms with Crippen molar-refractivity contribution in [2.75, 3.05) is 12.8 Å². The van der Waals surface area contributed by atoms with Crippen LogP contribution < -0.4 is 11.2 Å². The highest BCUT2D eigenvalue weighted by Gasteiger charge is 2.11. The number of hydrogen-bond donors (Lipinski definition) is 3. The normalized spacial score (nSPS) is 10.7. The first-order valence-corrected chi connectivity index (χ1v) is 3.83. The van der Waals surface area contributed by atoms with E-state index in [1.54, 1.807) is 31.5 Å². The van der Waals surface area contributed by atoms with Gasteiger partial charge in [-0.15, -0.1) is 0 Å². The third kappa shape index (κ3) is 2.30. The van der Waals surface area contributed by atoms with Crippen LogP contribution in [0.25, 0.3) is 0 Å². The van der Waals surface area contributed by atoms with E-state index in [1.807, 2.05) is 0 Å². The van der Waals surface area contributed by atoms with Gasteiger partial charge in [-0.05, 0) is 11.5 Å². The van der Waals surface area contributed by atoms with E-state index in [9.17, 15) is 0 Å². The highest BCUT2D eigenvalue weighted by molar-refractivity contribution is 6.58. The second-order valence-electron chi connectivity index (χ2n) is 2.65. The van der Waals surface area contributed by atoms with Gasteiger partial charge in [-0.25, -0.2) is 0 Å². The molecule has 0 fully saturated rings. The number of aliphatic imine (C=N–C) groups is 1. The summed E-state index contributed by atoms with van der Waals surface area (Å²) in [4.78, 5) is 3.80. The molecule has 68 valence electrons. The molecular formula is C8H11BN2O2. The summed E-state index contributed by atoms with van der Waals surface area (Å²) >= 11 is 0. The molecule has 0 saturated heterocycles. The Hall–Kier alpha value is -1.33. The molecule has 0 aromatic heterocycles. The average molecular weight is 178 g/mol. The maximum Gasteiger partial charge on any atom is 0.488 e. The fourth-order valence-electron chi connectivity index (χ4n) is 1.00. The molecule has 0 unspecified atom stereocenters. The summed E-state index contributed by atoms with van der Waals surface area (Å²) in [6, 6.07) is 4.77. The zero-order valence-electron chi connectivity index (χ0n) is 7.31. The number of benzene rings is 1. The molecule has 4 N–H and O–H groups in total. The van der Waals surface area contributed by atoms with Gasteiger partial charge >= 0.3 is 7.12 Å². The molecule has 0 aliphatic carbocycles. The van der Waals surface area contributed by atoms with Crippen LogP contribution in [0.1, 0.15) is 5.56 Å². The van der Waals surface area contributed by atoms with Gasteiger partial charge in [0.1, 0.15) is 0 Å². The van der Waals surface area contributed by atoms with Gasteiger partial charge in [0.15, 0.2) is 0 Å². The monoisotopic (exact) mass is 178 g/mol. The Morgan fingerprint density at radius 1 is 1.46 bits per heavy atom. The first kappa shape index (κ1) is 9.76. The predicted octanol–water partition coefficient (Wildman–Crippen LogP) is -1.00. The summed E-state index contributed by atoms with van der Waals surface area (Å²) in [7, 11) is 0.159. The van der Waals surface area contributed by atoms with Gasteiger partial charge in [-0.1, -0.05) is 12.1 Å². The van der Waals surface area contributed by atoms with E-state index in [2.05, 4.69) is 4.99 Å². The van der Waals surface area contributed by atoms with E-state index in [-0.39, 0.29) is 0 Å². The molecule has 13 heavy (non-hydrogen) atoms. The van der Waals surface area contributed by atoms with E-state index >= 15 is 0 Å². The molecule has 0 spiro atoms. The molecule has 0 saturated carbocycles. The van der Waals surface area contributed by atoms with E-state index in [0.717, 1.165) is 0 Å². The third-order valence-electron chi connectivity index (χ3n) is 1.68. The molecule has 1 rings (SSSR count). The lowest BCUT2D eigenvalue weighted by molar-refractivity contribution is 0.426. The lowest BCUT2D eigenvalue weighted by Crippen LogP contribution is -2.30. The minimum absolute atomic E-state index is 0.407. The Labute approximate surface area is 76.9 Å². The van der Waals surface area contributed by atoms with Crippen molar-refractivity contribution in [3.8, 4) is 0 Å². The molecule has 1 aromatic carbocycles. The van der Waals surface area contributed by atoms with Gasteiger partial charge in [0.05, 0.1) is 0 Å². The first-order valence-electron chi connectivity index (χ1n) is 3.83. The van der Waals surface area contributed by atoms with Crippen LogP contribution >= 0.6 is 0 Å². The van der Waals surface area contributed by atoms with Crippen LogP contribution in [-0.2, 0) is 0 Å². The number of nitrogens with two attached hydrogens (primary N) is 1. The minimum atomic E-state index is -1.47. The fraction of sp³-hybridized carbons (Fsp3) is 0.125. The lowest BCUT2D eigenvalue weighted by atomic mass is 9.79. The molecule has 0 radical (unpaired) electrons. The minimum Gasteiger partial charge on any atom is -0.423 e. The Morgan fingerprint density at radius 2 is 2.15 bits per heavy atom. The summed E-state index contributed by atoms with van der Waals surface area (Å²) < 4.78 is 0. The second-order valence-corrected chi connectivity index (χ2v) is 2.65. The number of nitrogen functional groups attached to an aromatic ring is 1. The van der Waals surface area contributed by atoms with Crippen LogP contribution in [0, 0.1) is 0 Å². The molecular weight excluding hydrogens is 167 g/mol. The molecule has 0 heterocycles. The molecule has 0 bridgehead atoms. The van der Waals surface area contributed by atoms with Crippen molar-refractivity contribution in [3.05, 3.63) is 23.8 Å². The summed E-state index contributed by atoms with van der Waals surface area (Å²) in [5, 5.41) is 17.8. The smallest absolute Gasteiger partial charge is 0.423 e. The van der Waals surface area contributed by atoms with Crippen LogP contribution in [-0.4, -0.2) is 30.4 Å². The first-order chi connectivity index (χ1) is 6.15. The highest BCUT2D eigenvalue weighted by Crippen LogP contribution is 2.06. The van der Waals surface area contributed by atoms with Crippen molar-refractivity contribution in [1.29, 1.82) is 0 Å². The van der Waals surface area contributed by atoms with E-state index in [1.165, 1.54) is 0 Å². The number of anilines is 1. The quantitative estimate of drug-likeness (QED) is 0.308. The topological polar surface area (TPSA) is 78.8 Å². The van der Waals surface area contributed by atoms with E-state index < -0.39 is 7.12 Å². The number of hydrogen-bond acceptors (Lipinski definition) is 4. The van der Waals surface area contributed by atoms with Gasteiger partial charge < -0.3 is 15.8 Å². The zero-order valence-corrected chi connectivity index (χ0v) is 7.31. The van der Waals surface area contributed by atoms with Crippen molar-refractivity contribution >= 4 is 24.5 Å². The summed E-state index contributed by atoms with van der Waals surface area (Å²) in [5.41, 5.74) is 7.28. The third-order valence-corrected chi connectivity index (χ3v) is 1.68. The summed E-state index contributed by atoms with van der Waals surface area (Å²) in [5.74, 6) is 0. The molecule has 1 aromatic rings. The molecule has 5 heteroatoms. The van der Waals surface area contributed by atoms with E-state index in [4.69, 9.17) is 15.8 Å². The fourth-order valence-corrected chi connectivity index (χ4v) is 1.00. The Morgan fingerprint density at radius 3 is 2.69 bits per heavy atom. The molecule has 0 aliphatic rings. The summed E-state index contributed by atoms with van der Waals surface area (Å²) in [6.45, 7) is 0. The lowest BCUT2D eigenvalue weighted by Gasteiger charge is -2.03. The molecule has 0 amide bonds. The maximum absolute atomic E-state index is 8.88. The van der Waals surface area contributed by atoms with E-state index in [0.29, 0.717) is 16.7 Å². The largest absolute Gasteiger partial charge is 0.488 e. The van der Waals surface area contributed by atoms with Crippen molar-refractivity contribution in [1.82, 2.24) is 0 Å². The van der Waals surface area contributed by atoms with Crippen LogP contribution in [0.15, 0.2) is 23.2 Å². The molecule has 0 atom stereocenters. The SMILES string of the molecule is CN=Cc1cc(B(O)O)ccc1N. The molecule has 0 aliphatic heterocycles. The predicted molar refractivity (Wildman–Crippen MR) is 54.2 cm³/mol. The maximum atomic E-state index is 8.88. The molecule has 4 nitrogen and oxygen atoms in total. The van der Waals surface area contributed by atoms with Crippen LogP contribution in [0.4, 0.5) is 5.69 Å². The van der Waals surface area contributed by atoms with Gasteiger partial charge in [-0.2, -0.15) is 0 Å². The van der Waals surface area contributed by atoms with Gasteiger partial charge in [0.2, 0.25) is 0 Å². The number of nitrogens with zero attached hydrogens (tertiary/aromatic N) is 1.